The molecule has 0 aliphatic rings. The molecule has 2 rings (SSSR count). The molecule has 0 saturated carbocycles. The molecule has 1 nitrogen and oxygen atoms in total. The number of rotatable bonds is 4. The molecule has 2 N–H and O–H groups in total. The third-order valence-corrected chi connectivity index (χ3v) is 4.63. The molecule has 0 saturated heterocycles. The van der Waals surface area contributed by atoms with Gasteiger partial charge in [0, 0.05) is 21.2 Å². The van der Waals surface area contributed by atoms with Crippen molar-refractivity contribution < 1.29 is 0 Å². The molecule has 88 valence electrons. The fourth-order valence-electron chi connectivity index (χ4n) is 1.54. The van der Waals surface area contributed by atoms with Crippen molar-refractivity contribution >= 4 is 27.7 Å². The Hall–Kier alpha value is -0.770. The molecule has 0 heterocycles. The van der Waals surface area contributed by atoms with E-state index in [0.29, 0.717) is 0 Å². The van der Waals surface area contributed by atoms with Gasteiger partial charge >= 0.3 is 0 Å². The second-order valence-corrected chi connectivity index (χ2v) is 5.67. The molecule has 2 aromatic carbocycles. The first-order valence-corrected chi connectivity index (χ1v) is 7.23. The van der Waals surface area contributed by atoms with E-state index in [-0.39, 0.29) is 6.04 Å². The molecule has 0 spiro atoms. The predicted molar refractivity (Wildman–Crippen MR) is 78.2 cm³/mol. The Morgan fingerprint density at radius 2 is 1.65 bits per heavy atom. The van der Waals surface area contributed by atoms with Crippen molar-refractivity contribution in [1.29, 1.82) is 0 Å². The number of thioether (sulfide) groups is 1. The zero-order valence-corrected chi connectivity index (χ0v) is 11.7. The molecule has 1 atom stereocenters. The van der Waals surface area contributed by atoms with Crippen molar-refractivity contribution in [3.8, 4) is 0 Å². The second kappa shape index (κ2) is 6.24. The minimum atomic E-state index is 0.0771. The first kappa shape index (κ1) is 12.7. The average molecular weight is 308 g/mol. The lowest BCUT2D eigenvalue weighted by atomic mass is 10.1. The van der Waals surface area contributed by atoms with Gasteiger partial charge < -0.3 is 5.73 Å². The summed E-state index contributed by atoms with van der Waals surface area (Å²) in [5, 5.41) is 0. The highest BCUT2D eigenvalue weighted by Gasteiger charge is 2.07. The van der Waals surface area contributed by atoms with Gasteiger partial charge in [-0.1, -0.05) is 42.5 Å². The molecule has 0 bridgehead atoms. The van der Waals surface area contributed by atoms with Crippen LogP contribution in [0.25, 0.3) is 0 Å². The van der Waals surface area contributed by atoms with Crippen LogP contribution in [-0.4, -0.2) is 5.75 Å². The van der Waals surface area contributed by atoms with Crippen LogP contribution in [0, 0.1) is 0 Å². The highest BCUT2D eigenvalue weighted by molar-refractivity contribution is 9.10. The van der Waals surface area contributed by atoms with Gasteiger partial charge in [0.1, 0.15) is 0 Å². The molecule has 0 fully saturated rings. The summed E-state index contributed by atoms with van der Waals surface area (Å²) in [5.74, 6) is 0.882. The van der Waals surface area contributed by atoms with Crippen LogP contribution in [0.15, 0.2) is 64.0 Å². The van der Waals surface area contributed by atoms with Crippen molar-refractivity contribution in [2.24, 2.45) is 5.73 Å². The summed E-state index contributed by atoms with van der Waals surface area (Å²) in [6.07, 6.45) is 0. The van der Waals surface area contributed by atoms with Crippen LogP contribution >= 0.6 is 27.7 Å². The first-order chi connectivity index (χ1) is 8.27. The van der Waals surface area contributed by atoms with Crippen molar-refractivity contribution in [3.63, 3.8) is 0 Å². The van der Waals surface area contributed by atoms with Gasteiger partial charge in [-0.2, -0.15) is 0 Å². The highest BCUT2D eigenvalue weighted by Crippen LogP contribution is 2.29. The van der Waals surface area contributed by atoms with Gasteiger partial charge in [-0.3, -0.25) is 0 Å². The van der Waals surface area contributed by atoms with E-state index in [0.717, 1.165) is 10.2 Å². The Morgan fingerprint density at radius 1 is 1.00 bits per heavy atom. The van der Waals surface area contributed by atoms with Crippen LogP contribution in [0.1, 0.15) is 11.6 Å². The monoisotopic (exact) mass is 307 g/mol. The van der Waals surface area contributed by atoms with Crippen molar-refractivity contribution in [3.05, 3.63) is 64.6 Å². The largest absolute Gasteiger partial charge is 0.323 e. The predicted octanol–water partition coefficient (Wildman–Crippen LogP) is 4.24. The molecule has 0 aliphatic heterocycles. The Kier molecular flexibility index (Phi) is 4.66. The van der Waals surface area contributed by atoms with Gasteiger partial charge in [0.2, 0.25) is 0 Å². The smallest absolute Gasteiger partial charge is 0.0390 e. The number of nitrogens with two attached hydrogens (primary N) is 1. The fourth-order valence-corrected chi connectivity index (χ4v) is 3.10. The molecular weight excluding hydrogens is 294 g/mol. The molecule has 1 unspecified atom stereocenters. The minimum absolute atomic E-state index is 0.0771. The van der Waals surface area contributed by atoms with E-state index in [9.17, 15) is 0 Å². The topological polar surface area (TPSA) is 26.0 Å². The van der Waals surface area contributed by atoms with E-state index in [1.165, 1.54) is 10.5 Å². The van der Waals surface area contributed by atoms with Gasteiger partial charge in [-0.05, 0) is 33.6 Å². The summed E-state index contributed by atoms with van der Waals surface area (Å²) < 4.78 is 1.13. The summed E-state index contributed by atoms with van der Waals surface area (Å²) in [6.45, 7) is 0. The molecule has 2 aromatic rings. The highest BCUT2D eigenvalue weighted by atomic mass is 79.9. The summed E-state index contributed by atoms with van der Waals surface area (Å²) in [7, 11) is 0. The van der Waals surface area contributed by atoms with Crippen LogP contribution in [-0.2, 0) is 0 Å². The second-order valence-electron chi connectivity index (χ2n) is 3.76. The average Bonchev–Trinajstić information content (AvgIpc) is 2.38. The van der Waals surface area contributed by atoms with Gasteiger partial charge in [-0.25, -0.2) is 0 Å². The van der Waals surface area contributed by atoms with E-state index in [1.54, 1.807) is 11.8 Å². The third kappa shape index (κ3) is 3.60. The molecule has 0 radical (unpaired) electrons. The maximum Gasteiger partial charge on any atom is 0.0390 e. The van der Waals surface area contributed by atoms with Crippen LogP contribution in [0.4, 0.5) is 0 Å². The zero-order valence-electron chi connectivity index (χ0n) is 9.34. The fraction of sp³-hybridized carbons (Fsp3) is 0.143. The normalized spacial score (nSPS) is 12.4. The Balaban J connectivity index is 1.97. The van der Waals surface area contributed by atoms with Gasteiger partial charge in [0.05, 0.1) is 0 Å². The minimum Gasteiger partial charge on any atom is -0.323 e. The maximum absolute atomic E-state index is 6.16. The summed E-state index contributed by atoms with van der Waals surface area (Å²) in [5.41, 5.74) is 7.34. The van der Waals surface area contributed by atoms with Crippen LogP contribution in [0.5, 0.6) is 0 Å². The zero-order chi connectivity index (χ0) is 12.1. The van der Waals surface area contributed by atoms with Crippen LogP contribution < -0.4 is 5.73 Å². The van der Waals surface area contributed by atoms with Crippen molar-refractivity contribution in [1.82, 2.24) is 0 Å². The lowest BCUT2D eigenvalue weighted by molar-refractivity contribution is 0.831. The molecule has 3 heteroatoms. The van der Waals surface area contributed by atoms with E-state index in [2.05, 4.69) is 40.2 Å². The SMILES string of the molecule is NC(CSc1ccccc1Br)c1ccccc1. The summed E-state index contributed by atoms with van der Waals surface area (Å²) in [4.78, 5) is 1.24. The van der Waals surface area contributed by atoms with E-state index < -0.39 is 0 Å². The number of hydrogen-bond donors (Lipinski definition) is 1. The van der Waals surface area contributed by atoms with Gasteiger partial charge in [0.15, 0.2) is 0 Å². The number of hydrogen-bond acceptors (Lipinski definition) is 2. The molecule has 0 aliphatic carbocycles. The van der Waals surface area contributed by atoms with Crippen molar-refractivity contribution in [2.45, 2.75) is 10.9 Å². The van der Waals surface area contributed by atoms with Gasteiger partial charge in [0.25, 0.3) is 0 Å². The number of halogens is 1. The van der Waals surface area contributed by atoms with Crippen LogP contribution in [0.3, 0.4) is 0 Å². The lowest BCUT2D eigenvalue weighted by Crippen LogP contribution is -2.12. The van der Waals surface area contributed by atoms with Gasteiger partial charge in [-0.15, -0.1) is 11.8 Å². The molecule has 17 heavy (non-hydrogen) atoms. The third-order valence-electron chi connectivity index (χ3n) is 2.48. The summed E-state index contributed by atoms with van der Waals surface area (Å²) in [6, 6.07) is 18.5. The van der Waals surface area contributed by atoms with E-state index >= 15 is 0 Å². The molecule has 0 aromatic heterocycles. The molecule has 0 amide bonds. The van der Waals surface area contributed by atoms with E-state index in [1.807, 2.05) is 30.3 Å². The maximum atomic E-state index is 6.16. The van der Waals surface area contributed by atoms with Crippen molar-refractivity contribution in [2.75, 3.05) is 5.75 Å². The quantitative estimate of drug-likeness (QED) is 0.855. The summed E-state index contributed by atoms with van der Waals surface area (Å²) >= 11 is 5.32. The first-order valence-electron chi connectivity index (χ1n) is 5.45. The number of benzene rings is 2. The molecular formula is C14H14BrNS. The lowest BCUT2D eigenvalue weighted by Gasteiger charge is -2.12. The Morgan fingerprint density at radius 3 is 2.35 bits per heavy atom. The Bertz CT molecular complexity index is 473. The van der Waals surface area contributed by atoms with E-state index in [4.69, 9.17) is 5.73 Å². The standard InChI is InChI=1S/C14H14BrNS/c15-12-8-4-5-9-14(12)17-10-13(16)11-6-2-1-3-7-11/h1-9,13H,10,16H2. The Labute approximate surface area is 115 Å². The van der Waals surface area contributed by atoms with Crippen LogP contribution in [0.2, 0.25) is 0 Å².